The van der Waals surface area contributed by atoms with Gasteiger partial charge in [-0.3, -0.25) is 0 Å². The van der Waals surface area contributed by atoms with Crippen LogP contribution in [0.25, 0.3) is 0 Å². The van der Waals surface area contributed by atoms with Crippen molar-refractivity contribution in [3.63, 3.8) is 0 Å². The second-order valence-electron chi connectivity index (χ2n) is 4.83. The molecule has 1 fully saturated rings. The van der Waals surface area contributed by atoms with E-state index in [-0.39, 0.29) is 0 Å². The second kappa shape index (κ2) is 6.25. The van der Waals surface area contributed by atoms with E-state index in [1.54, 1.807) is 0 Å². The van der Waals surface area contributed by atoms with Crippen LogP contribution in [0.15, 0.2) is 30.3 Å². The highest BCUT2D eigenvalue weighted by molar-refractivity contribution is 7.53. The lowest BCUT2D eigenvalue weighted by molar-refractivity contribution is 0.350. The number of hydrogen-bond acceptors (Lipinski definition) is 1. The zero-order valence-corrected chi connectivity index (χ0v) is 10.8. The molecule has 1 aliphatic rings. The normalized spacial score (nSPS) is 19.5. The molecule has 2 heteroatoms. The van der Waals surface area contributed by atoms with E-state index in [0.29, 0.717) is 0 Å². The Morgan fingerprint density at radius 2 is 1.75 bits per heavy atom. The van der Waals surface area contributed by atoms with Crippen LogP contribution in [0.3, 0.4) is 0 Å². The van der Waals surface area contributed by atoms with Gasteiger partial charge in [-0.2, -0.15) is 0 Å². The molecule has 1 aliphatic carbocycles. The average molecular weight is 236 g/mol. The summed E-state index contributed by atoms with van der Waals surface area (Å²) in [6.07, 6.45) is 9.00. The van der Waals surface area contributed by atoms with Crippen molar-refractivity contribution in [2.45, 2.75) is 38.5 Å². The summed E-state index contributed by atoms with van der Waals surface area (Å²) in [6.45, 7) is 0. The topological polar surface area (TPSA) is 17.1 Å². The number of benzene rings is 1. The van der Waals surface area contributed by atoms with Crippen molar-refractivity contribution in [2.75, 3.05) is 6.16 Å². The first-order valence-corrected chi connectivity index (χ1v) is 8.06. The van der Waals surface area contributed by atoms with Gasteiger partial charge in [0.05, 0.1) is 0 Å². The molecule has 0 saturated heterocycles. The van der Waals surface area contributed by atoms with Gasteiger partial charge in [0.1, 0.15) is 7.80 Å². The van der Waals surface area contributed by atoms with Crippen LogP contribution < -0.4 is 5.30 Å². The molecule has 2 rings (SSSR count). The molecule has 16 heavy (non-hydrogen) atoms. The van der Waals surface area contributed by atoms with Crippen molar-refractivity contribution < 1.29 is 4.57 Å². The van der Waals surface area contributed by atoms with Crippen molar-refractivity contribution in [3.05, 3.63) is 30.3 Å². The van der Waals surface area contributed by atoms with Crippen LogP contribution in [0.2, 0.25) is 0 Å². The van der Waals surface area contributed by atoms with Crippen LogP contribution >= 0.6 is 7.80 Å². The molecule has 1 aromatic carbocycles. The zero-order valence-electron chi connectivity index (χ0n) is 9.82. The van der Waals surface area contributed by atoms with E-state index in [2.05, 4.69) is 0 Å². The van der Waals surface area contributed by atoms with Gasteiger partial charge in [0.15, 0.2) is 0 Å². The Hall–Kier alpha value is -0.550. The third kappa shape index (κ3) is 3.49. The van der Waals surface area contributed by atoms with Crippen LogP contribution in [0.4, 0.5) is 0 Å². The van der Waals surface area contributed by atoms with E-state index in [4.69, 9.17) is 0 Å². The summed E-state index contributed by atoms with van der Waals surface area (Å²) in [5.41, 5.74) is 0. The van der Waals surface area contributed by atoms with E-state index in [9.17, 15) is 4.57 Å². The van der Waals surface area contributed by atoms with Crippen molar-refractivity contribution >= 4 is 13.1 Å². The molecule has 88 valence electrons. The monoisotopic (exact) mass is 236 g/mol. The third-order valence-corrected chi connectivity index (χ3v) is 5.32. The Kier molecular flexibility index (Phi) is 4.66. The average Bonchev–Trinajstić information content (AvgIpc) is 2.38. The third-order valence-electron chi connectivity index (χ3n) is 3.60. The minimum Gasteiger partial charge on any atom is -0.322 e. The van der Waals surface area contributed by atoms with Gasteiger partial charge >= 0.3 is 0 Å². The predicted octanol–water partition coefficient (Wildman–Crippen LogP) is 3.84. The minimum absolute atomic E-state index is 0.853. The van der Waals surface area contributed by atoms with Crippen LogP contribution in [-0.2, 0) is 4.57 Å². The first-order valence-electron chi connectivity index (χ1n) is 6.44. The molecule has 1 nitrogen and oxygen atoms in total. The first kappa shape index (κ1) is 11.9. The molecule has 0 bridgehead atoms. The van der Waals surface area contributed by atoms with Crippen LogP contribution in [0.1, 0.15) is 38.5 Å². The van der Waals surface area contributed by atoms with E-state index < -0.39 is 7.80 Å². The quantitative estimate of drug-likeness (QED) is 0.726. The Balaban J connectivity index is 1.79. The summed E-state index contributed by atoms with van der Waals surface area (Å²) >= 11 is 0. The Bertz CT molecular complexity index is 328. The van der Waals surface area contributed by atoms with Crippen LogP contribution in [-0.4, -0.2) is 6.16 Å². The molecule has 0 aromatic heterocycles. The summed E-state index contributed by atoms with van der Waals surface area (Å²) in [5.74, 6) is 0.853. The van der Waals surface area contributed by atoms with Gasteiger partial charge in [-0.25, -0.2) is 0 Å². The van der Waals surface area contributed by atoms with Crippen molar-refractivity contribution in [1.82, 2.24) is 0 Å². The van der Waals surface area contributed by atoms with Gasteiger partial charge in [-0.1, -0.05) is 62.4 Å². The molecule has 1 unspecified atom stereocenters. The summed E-state index contributed by atoms with van der Waals surface area (Å²) in [7, 11) is -1.52. The van der Waals surface area contributed by atoms with Crippen LogP contribution in [0, 0.1) is 5.92 Å². The van der Waals surface area contributed by atoms with Gasteiger partial charge in [0.25, 0.3) is 0 Å². The molecule has 0 radical (unpaired) electrons. The van der Waals surface area contributed by atoms with Crippen molar-refractivity contribution in [2.24, 2.45) is 5.92 Å². The van der Waals surface area contributed by atoms with E-state index in [1.807, 2.05) is 30.3 Å². The highest BCUT2D eigenvalue weighted by atomic mass is 31.1. The molecule has 0 heterocycles. The number of rotatable bonds is 4. The lowest BCUT2D eigenvalue weighted by atomic mass is 9.88. The molecule has 0 amide bonds. The van der Waals surface area contributed by atoms with Gasteiger partial charge in [0, 0.05) is 11.5 Å². The fraction of sp³-hybridized carbons (Fsp3) is 0.571. The second-order valence-corrected chi connectivity index (χ2v) is 6.76. The highest BCUT2D eigenvalue weighted by Crippen LogP contribution is 2.30. The summed E-state index contributed by atoms with van der Waals surface area (Å²) < 4.78 is 12.1. The molecule has 1 saturated carbocycles. The van der Waals surface area contributed by atoms with Gasteiger partial charge in [-0.05, 0) is 12.3 Å². The SMILES string of the molecule is O=[PH](CCC1CCCCC1)c1ccccc1. The van der Waals surface area contributed by atoms with Gasteiger partial charge < -0.3 is 4.57 Å². The predicted molar refractivity (Wildman–Crippen MR) is 71.1 cm³/mol. The summed E-state index contributed by atoms with van der Waals surface area (Å²) in [4.78, 5) is 0. The standard InChI is InChI=1S/C14H21OP/c15-16(14-9-5-2-6-10-14)12-11-13-7-3-1-4-8-13/h2,5-6,9-10,13,16H,1,3-4,7-8,11-12H2. The lowest BCUT2D eigenvalue weighted by Gasteiger charge is -2.21. The molecule has 0 spiro atoms. The molecular formula is C14H21OP. The maximum atomic E-state index is 12.1. The van der Waals surface area contributed by atoms with E-state index >= 15 is 0 Å². The maximum absolute atomic E-state index is 12.1. The van der Waals surface area contributed by atoms with E-state index in [0.717, 1.165) is 17.4 Å². The van der Waals surface area contributed by atoms with Gasteiger partial charge in [0.2, 0.25) is 0 Å². The summed E-state index contributed by atoms with van der Waals surface area (Å²) in [5, 5.41) is 1.06. The molecule has 1 atom stereocenters. The smallest absolute Gasteiger partial charge is 0.104 e. The summed E-state index contributed by atoms with van der Waals surface area (Å²) in [6, 6.07) is 9.96. The van der Waals surface area contributed by atoms with Crippen molar-refractivity contribution in [1.29, 1.82) is 0 Å². The molecule has 1 aromatic rings. The Morgan fingerprint density at radius 3 is 2.44 bits per heavy atom. The van der Waals surface area contributed by atoms with Gasteiger partial charge in [-0.15, -0.1) is 0 Å². The van der Waals surface area contributed by atoms with E-state index in [1.165, 1.54) is 38.5 Å². The van der Waals surface area contributed by atoms with Crippen molar-refractivity contribution in [3.8, 4) is 0 Å². The molecule has 0 aliphatic heterocycles. The van der Waals surface area contributed by atoms with Crippen LogP contribution in [0.5, 0.6) is 0 Å². The first-order chi connectivity index (χ1) is 7.86. The molecular weight excluding hydrogens is 215 g/mol. The lowest BCUT2D eigenvalue weighted by Crippen LogP contribution is -2.08. The zero-order chi connectivity index (χ0) is 11.2. The fourth-order valence-corrected chi connectivity index (χ4v) is 4.10. The Labute approximate surface area is 99.0 Å². The molecule has 0 N–H and O–H groups in total. The highest BCUT2D eigenvalue weighted by Gasteiger charge is 2.14. The largest absolute Gasteiger partial charge is 0.322 e. The fourth-order valence-electron chi connectivity index (χ4n) is 2.58. The minimum atomic E-state index is -1.52. The Morgan fingerprint density at radius 1 is 1.06 bits per heavy atom. The number of hydrogen-bond donors (Lipinski definition) is 0. The maximum Gasteiger partial charge on any atom is 0.104 e.